The van der Waals surface area contributed by atoms with Crippen molar-refractivity contribution in [2.45, 2.75) is 134 Å². The Balaban J connectivity index is 0. The smallest absolute Gasteiger partial charge is 0.748 e. The molecule has 4 nitrogen and oxygen atoms in total. The Labute approximate surface area is 191 Å². The SMILES string of the molecule is CCCCCCCCCCCCCCCC(O)C(CCCC)S(=O)(=O)[O-].[Na+]. The molecule has 0 aliphatic carbocycles. The molecule has 158 valence electrons. The molecule has 0 aromatic carbocycles. The van der Waals surface area contributed by atoms with Gasteiger partial charge in [-0.05, 0) is 12.8 Å². The minimum absolute atomic E-state index is 0. The average molecular weight is 415 g/mol. The molecular formula is C21H43NaO4S. The summed E-state index contributed by atoms with van der Waals surface area (Å²) in [5, 5.41) is 8.94. The molecule has 27 heavy (non-hydrogen) atoms. The van der Waals surface area contributed by atoms with Gasteiger partial charge in [-0.25, -0.2) is 8.42 Å². The van der Waals surface area contributed by atoms with E-state index in [2.05, 4.69) is 6.92 Å². The van der Waals surface area contributed by atoms with E-state index < -0.39 is 21.5 Å². The van der Waals surface area contributed by atoms with Crippen molar-refractivity contribution in [2.24, 2.45) is 0 Å². The van der Waals surface area contributed by atoms with E-state index in [0.717, 1.165) is 25.7 Å². The maximum atomic E-state index is 11.3. The second-order valence-corrected chi connectivity index (χ2v) is 9.36. The van der Waals surface area contributed by atoms with Crippen molar-refractivity contribution in [3.05, 3.63) is 0 Å². The first-order chi connectivity index (χ1) is 12.4. The van der Waals surface area contributed by atoms with Crippen molar-refractivity contribution in [3.8, 4) is 0 Å². The molecule has 0 fully saturated rings. The summed E-state index contributed by atoms with van der Waals surface area (Å²) in [6, 6.07) is 0. The molecule has 6 heteroatoms. The Morgan fingerprint density at radius 1 is 0.667 bits per heavy atom. The van der Waals surface area contributed by atoms with Crippen LogP contribution in [0.25, 0.3) is 0 Å². The quantitative estimate of drug-likeness (QED) is 0.200. The maximum Gasteiger partial charge on any atom is 1.00 e. The predicted molar refractivity (Wildman–Crippen MR) is 109 cm³/mol. The van der Waals surface area contributed by atoms with Crippen LogP contribution >= 0.6 is 0 Å². The summed E-state index contributed by atoms with van der Waals surface area (Å²) in [5.41, 5.74) is 0. The van der Waals surface area contributed by atoms with Gasteiger partial charge in [-0.15, -0.1) is 0 Å². The van der Waals surface area contributed by atoms with E-state index in [-0.39, 0.29) is 36.0 Å². The molecule has 0 heterocycles. The van der Waals surface area contributed by atoms with Crippen molar-refractivity contribution in [1.29, 1.82) is 0 Å². The molecule has 0 saturated heterocycles. The van der Waals surface area contributed by atoms with E-state index in [1.807, 2.05) is 6.92 Å². The standard InChI is InChI=1S/C21H44O4S.Na/c1-3-5-7-8-9-10-11-12-13-14-15-16-17-18-20(22)21(19-6-4-2)26(23,24)25;/h20-22H,3-19H2,1-2H3,(H,23,24,25);/q;+1/p-1. The monoisotopic (exact) mass is 414 g/mol. The first-order valence-electron chi connectivity index (χ1n) is 11.1. The van der Waals surface area contributed by atoms with E-state index in [4.69, 9.17) is 0 Å². The van der Waals surface area contributed by atoms with Gasteiger partial charge in [0.15, 0.2) is 0 Å². The van der Waals surface area contributed by atoms with Gasteiger partial charge in [-0.3, -0.25) is 0 Å². The van der Waals surface area contributed by atoms with Crippen LogP contribution < -0.4 is 29.6 Å². The van der Waals surface area contributed by atoms with Gasteiger partial charge in [-0.1, -0.05) is 110 Å². The van der Waals surface area contributed by atoms with Crippen molar-refractivity contribution in [3.63, 3.8) is 0 Å². The fourth-order valence-electron chi connectivity index (χ4n) is 3.49. The van der Waals surface area contributed by atoms with Crippen LogP contribution in [0.4, 0.5) is 0 Å². The van der Waals surface area contributed by atoms with Crippen LogP contribution in [-0.4, -0.2) is 29.4 Å². The summed E-state index contributed by atoms with van der Waals surface area (Å²) >= 11 is 0. The topological polar surface area (TPSA) is 77.4 Å². The van der Waals surface area contributed by atoms with Crippen LogP contribution in [0.3, 0.4) is 0 Å². The zero-order valence-corrected chi connectivity index (χ0v) is 21.1. The Hall–Kier alpha value is 0.870. The second kappa shape index (κ2) is 20.2. The first-order valence-corrected chi connectivity index (χ1v) is 12.5. The van der Waals surface area contributed by atoms with Crippen LogP contribution in [-0.2, 0) is 10.1 Å². The summed E-state index contributed by atoms with van der Waals surface area (Å²) in [4.78, 5) is 0. The predicted octanol–water partition coefficient (Wildman–Crippen LogP) is 2.94. The number of aliphatic hydroxyl groups is 1. The van der Waals surface area contributed by atoms with Crippen LogP contribution in [0.5, 0.6) is 0 Å². The first kappa shape index (κ1) is 30.1. The van der Waals surface area contributed by atoms with Crippen LogP contribution in [0.15, 0.2) is 0 Å². The average Bonchev–Trinajstić information content (AvgIpc) is 2.58. The molecule has 2 unspecified atom stereocenters. The van der Waals surface area contributed by atoms with Gasteiger partial charge in [0, 0.05) is 0 Å². The van der Waals surface area contributed by atoms with E-state index in [0.29, 0.717) is 12.8 Å². The normalized spacial score (nSPS) is 13.9. The van der Waals surface area contributed by atoms with Crippen molar-refractivity contribution < 1.29 is 47.6 Å². The molecule has 0 amide bonds. The third-order valence-corrected chi connectivity index (χ3v) is 6.54. The molecule has 0 aliphatic rings. The molecule has 0 rings (SSSR count). The van der Waals surface area contributed by atoms with Gasteiger partial charge in [-0.2, -0.15) is 0 Å². The molecule has 0 spiro atoms. The van der Waals surface area contributed by atoms with Crippen LogP contribution in [0.2, 0.25) is 0 Å². The molecule has 0 radical (unpaired) electrons. The number of rotatable bonds is 19. The number of hydrogen-bond donors (Lipinski definition) is 1. The van der Waals surface area contributed by atoms with Gasteiger partial charge >= 0.3 is 29.6 Å². The van der Waals surface area contributed by atoms with Gasteiger partial charge in [0.25, 0.3) is 0 Å². The molecular weight excluding hydrogens is 371 g/mol. The molecule has 0 aliphatic heterocycles. The molecule has 0 aromatic heterocycles. The molecule has 0 aromatic rings. The fourth-order valence-corrected chi connectivity index (χ4v) is 4.47. The molecule has 2 atom stereocenters. The Morgan fingerprint density at radius 2 is 1.04 bits per heavy atom. The number of hydrogen-bond acceptors (Lipinski definition) is 4. The maximum absolute atomic E-state index is 11.3. The summed E-state index contributed by atoms with van der Waals surface area (Å²) in [6.07, 6.45) is 17.5. The summed E-state index contributed by atoms with van der Waals surface area (Å²) in [5.74, 6) is 0. The minimum Gasteiger partial charge on any atom is -0.748 e. The zero-order chi connectivity index (χ0) is 19.7. The summed E-state index contributed by atoms with van der Waals surface area (Å²) in [6.45, 7) is 4.20. The van der Waals surface area contributed by atoms with Crippen LogP contribution in [0, 0.1) is 0 Å². The third-order valence-electron chi connectivity index (χ3n) is 5.25. The Kier molecular flexibility index (Phi) is 22.4. The summed E-state index contributed by atoms with van der Waals surface area (Å²) < 4.78 is 33.9. The fraction of sp³-hybridized carbons (Fsp3) is 1.00. The van der Waals surface area contributed by atoms with E-state index in [1.165, 1.54) is 64.2 Å². The van der Waals surface area contributed by atoms with E-state index >= 15 is 0 Å². The van der Waals surface area contributed by atoms with Crippen LogP contribution in [0.1, 0.15) is 123 Å². The van der Waals surface area contributed by atoms with Gasteiger partial charge < -0.3 is 9.66 Å². The minimum atomic E-state index is -4.40. The third kappa shape index (κ3) is 18.6. The zero-order valence-electron chi connectivity index (χ0n) is 18.3. The largest absolute Gasteiger partial charge is 1.00 e. The summed E-state index contributed by atoms with van der Waals surface area (Å²) in [7, 11) is -4.40. The number of unbranched alkanes of at least 4 members (excludes halogenated alkanes) is 13. The molecule has 0 saturated carbocycles. The van der Waals surface area contributed by atoms with Gasteiger partial charge in [0.2, 0.25) is 0 Å². The van der Waals surface area contributed by atoms with Gasteiger partial charge in [0.05, 0.1) is 11.4 Å². The molecule has 0 bridgehead atoms. The van der Waals surface area contributed by atoms with E-state index in [9.17, 15) is 18.1 Å². The Morgan fingerprint density at radius 3 is 1.41 bits per heavy atom. The van der Waals surface area contributed by atoms with E-state index in [1.54, 1.807) is 0 Å². The second-order valence-electron chi connectivity index (χ2n) is 7.77. The van der Waals surface area contributed by atoms with Gasteiger partial charge in [0.1, 0.15) is 10.1 Å². The number of aliphatic hydroxyl groups excluding tert-OH is 1. The molecule has 1 N–H and O–H groups in total. The van der Waals surface area contributed by atoms with Crippen molar-refractivity contribution >= 4 is 10.1 Å². The Bertz CT molecular complexity index is 401. The van der Waals surface area contributed by atoms with Crippen molar-refractivity contribution in [2.75, 3.05) is 0 Å². The van der Waals surface area contributed by atoms with Crippen molar-refractivity contribution in [1.82, 2.24) is 0 Å².